The fraction of sp³-hybridized carbons (Fsp3) is 1.00. The molecular weight excluding hydrogens is 222 g/mol. The molecule has 1 atom stereocenters. The summed E-state index contributed by atoms with van der Waals surface area (Å²) >= 11 is 0. The van der Waals surface area contributed by atoms with Crippen LogP contribution in [0.5, 0.6) is 0 Å². The molecule has 0 aromatic carbocycles. The molecule has 108 valence electrons. The molecule has 1 aliphatic rings. The van der Waals surface area contributed by atoms with Gasteiger partial charge in [0.1, 0.15) is 0 Å². The van der Waals surface area contributed by atoms with Crippen LogP contribution in [-0.4, -0.2) is 61.7 Å². The van der Waals surface area contributed by atoms with Gasteiger partial charge in [-0.3, -0.25) is 0 Å². The van der Waals surface area contributed by atoms with Crippen molar-refractivity contribution in [1.82, 2.24) is 15.1 Å². The molecule has 1 rings (SSSR count). The minimum Gasteiger partial charge on any atom is -0.314 e. The number of rotatable bonds is 8. The molecular formula is C15H33N3. The number of hydrogen-bond acceptors (Lipinski definition) is 3. The Balaban J connectivity index is 2.07. The van der Waals surface area contributed by atoms with E-state index < -0.39 is 0 Å². The molecule has 1 saturated heterocycles. The maximum absolute atomic E-state index is 3.56. The first-order valence-electron chi connectivity index (χ1n) is 7.65. The van der Waals surface area contributed by atoms with Gasteiger partial charge in [-0.2, -0.15) is 0 Å². The summed E-state index contributed by atoms with van der Waals surface area (Å²) < 4.78 is 0. The Morgan fingerprint density at radius 2 is 2.00 bits per heavy atom. The molecule has 0 saturated carbocycles. The molecule has 0 amide bonds. The van der Waals surface area contributed by atoms with Crippen molar-refractivity contribution in [2.45, 2.75) is 52.6 Å². The predicted octanol–water partition coefficient (Wildman–Crippen LogP) is 2.04. The monoisotopic (exact) mass is 255 g/mol. The van der Waals surface area contributed by atoms with E-state index in [0.717, 1.165) is 5.92 Å². The van der Waals surface area contributed by atoms with Gasteiger partial charge in [-0.15, -0.1) is 0 Å². The van der Waals surface area contributed by atoms with Gasteiger partial charge in [-0.1, -0.05) is 13.8 Å². The topological polar surface area (TPSA) is 18.5 Å². The molecule has 1 fully saturated rings. The highest BCUT2D eigenvalue weighted by atomic mass is 15.2. The second-order valence-electron chi connectivity index (χ2n) is 6.45. The Labute approximate surface area is 114 Å². The largest absolute Gasteiger partial charge is 0.314 e. The SMILES string of the molecule is CC(C)NCC1CCN(CCCN(C)C(C)C)C1. The van der Waals surface area contributed by atoms with Crippen LogP contribution in [0.2, 0.25) is 0 Å². The van der Waals surface area contributed by atoms with Crippen molar-refractivity contribution in [2.75, 3.05) is 39.8 Å². The van der Waals surface area contributed by atoms with Gasteiger partial charge in [-0.25, -0.2) is 0 Å². The zero-order valence-electron chi connectivity index (χ0n) is 13.1. The molecule has 0 aromatic rings. The molecule has 0 spiro atoms. The Morgan fingerprint density at radius 3 is 2.61 bits per heavy atom. The van der Waals surface area contributed by atoms with E-state index in [9.17, 15) is 0 Å². The van der Waals surface area contributed by atoms with Gasteiger partial charge < -0.3 is 15.1 Å². The normalized spacial score (nSPS) is 21.7. The average molecular weight is 255 g/mol. The van der Waals surface area contributed by atoms with Gasteiger partial charge in [-0.05, 0) is 65.8 Å². The zero-order valence-corrected chi connectivity index (χ0v) is 13.1. The minimum absolute atomic E-state index is 0.624. The zero-order chi connectivity index (χ0) is 13.5. The predicted molar refractivity (Wildman–Crippen MR) is 80.1 cm³/mol. The van der Waals surface area contributed by atoms with Crippen molar-refractivity contribution in [3.8, 4) is 0 Å². The van der Waals surface area contributed by atoms with E-state index in [1.165, 1.54) is 45.6 Å². The Kier molecular flexibility index (Phi) is 7.20. The van der Waals surface area contributed by atoms with E-state index in [1.54, 1.807) is 0 Å². The van der Waals surface area contributed by atoms with Crippen LogP contribution >= 0.6 is 0 Å². The summed E-state index contributed by atoms with van der Waals surface area (Å²) in [5.41, 5.74) is 0. The fourth-order valence-corrected chi connectivity index (χ4v) is 2.49. The van der Waals surface area contributed by atoms with Crippen LogP contribution < -0.4 is 5.32 Å². The molecule has 0 bridgehead atoms. The van der Waals surface area contributed by atoms with Crippen LogP contribution in [0, 0.1) is 5.92 Å². The summed E-state index contributed by atoms with van der Waals surface area (Å²) in [6.45, 7) is 15.3. The highest BCUT2D eigenvalue weighted by Gasteiger charge is 2.21. The van der Waals surface area contributed by atoms with Crippen LogP contribution in [-0.2, 0) is 0 Å². The minimum atomic E-state index is 0.624. The van der Waals surface area contributed by atoms with Crippen LogP contribution in [0.1, 0.15) is 40.5 Å². The maximum atomic E-state index is 3.56. The number of hydrogen-bond donors (Lipinski definition) is 1. The van der Waals surface area contributed by atoms with Gasteiger partial charge >= 0.3 is 0 Å². The summed E-state index contributed by atoms with van der Waals surface area (Å²) in [5.74, 6) is 0.871. The van der Waals surface area contributed by atoms with Gasteiger partial charge in [0.2, 0.25) is 0 Å². The molecule has 18 heavy (non-hydrogen) atoms. The van der Waals surface area contributed by atoms with Crippen LogP contribution in [0.3, 0.4) is 0 Å². The van der Waals surface area contributed by atoms with Crippen molar-refractivity contribution in [3.63, 3.8) is 0 Å². The van der Waals surface area contributed by atoms with Gasteiger partial charge in [0.15, 0.2) is 0 Å². The van der Waals surface area contributed by atoms with Gasteiger partial charge in [0, 0.05) is 18.6 Å². The second kappa shape index (κ2) is 8.13. The standard InChI is InChI=1S/C15H33N3/c1-13(2)16-11-15-7-10-18(12-15)9-6-8-17(5)14(3)4/h13-16H,6-12H2,1-5H3. The third-order valence-electron chi connectivity index (χ3n) is 4.05. The van der Waals surface area contributed by atoms with Crippen LogP contribution in [0.25, 0.3) is 0 Å². The molecule has 3 heteroatoms. The first-order valence-corrected chi connectivity index (χ1v) is 7.65. The van der Waals surface area contributed by atoms with E-state index in [-0.39, 0.29) is 0 Å². The number of nitrogens with zero attached hydrogens (tertiary/aromatic N) is 2. The van der Waals surface area contributed by atoms with Crippen molar-refractivity contribution in [2.24, 2.45) is 5.92 Å². The Morgan fingerprint density at radius 1 is 1.28 bits per heavy atom. The van der Waals surface area contributed by atoms with E-state index in [2.05, 4.69) is 49.9 Å². The summed E-state index contributed by atoms with van der Waals surface area (Å²) in [6.07, 6.45) is 2.68. The first kappa shape index (κ1) is 15.9. The lowest BCUT2D eigenvalue weighted by atomic mass is 10.1. The number of likely N-dealkylation sites (tertiary alicyclic amines) is 1. The molecule has 1 aliphatic heterocycles. The number of nitrogens with one attached hydrogen (secondary N) is 1. The smallest absolute Gasteiger partial charge is 0.00355 e. The molecule has 0 aliphatic carbocycles. The molecule has 0 aromatic heterocycles. The third-order valence-corrected chi connectivity index (χ3v) is 4.05. The third kappa shape index (κ3) is 6.17. The highest BCUT2D eigenvalue weighted by Crippen LogP contribution is 2.15. The quantitative estimate of drug-likeness (QED) is 0.716. The van der Waals surface area contributed by atoms with Crippen LogP contribution in [0.15, 0.2) is 0 Å². The van der Waals surface area contributed by atoms with E-state index in [0.29, 0.717) is 12.1 Å². The summed E-state index contributed by atoms with van der Waals surface area (Å²) in [6, 6.07) is 1.30. The fourth-order valence-electron chi connectivity index (χ4n) is 2.49. The van der Waals surface area contributed by atoms with Crippen molar-refractivity contribution < 1.29 is 0 Å². The van der Waals surface area contributed by atoms with Crippen molar-refractivity contribution in [1.29, 1.82) is 0 Å². The molecule has 1 N–H and O–H groups in total. The Hall–Kier alpha value is -0.120. The summed E-state index contributed by atoms with van der Waals surface area (Å²) in [4.78, 5) is 5.08. The first-order chi connectivity index (χ1) is 8.49. The molecule has 3 nitrogen and oxygen atoms in total. The lowest BCUT2D eigenvalue weighted by Gasteiger charge is -2.23. The van der Waals surface area contributed by atoms with Gasteiger partial charge in [0.05, 0.1) is 0 Å². The maximum Gasteiger partial charge on any atom is 0.00355 e. The molecule has 1 heterocycles. The van der Waals surface area contributed by atoms with Crippen LogP contribution in [0.4, 0.5) is 0 Å². The molecule has 0 radical (unpaired) electrons. The van der Waals surface area contributed by atoms with Gasteiger partial charge in [0.25, 0.3) is 0 Å². The van der Waals surface area contributed by atoms with Crippen molar-refractivity contribution >= 4 is 0 Å². The van der Waals surface area contributed by atoms with E-state index in [4.69, 9.17) is 0 Å². The summed E-state index contributed by atoms with van der Waals surface area (Å²) in [7, 11) is 2.23. The summed E-state index contributed by atoms with van der Waals surface area (Å²) in [5, 5.41) is 3.56. The Bertz CT molecular complexity index is 216. The second-order valence-corrected chi connectivity index (χ2v) is 6.45. The lowest BCUT2D eigenvalue weighted by Crippen LogP contribution is -2.32. The average Bonchev–Trinajstić information content (AvgIpc) is 2.74. The van der Waals surface area contributed by atoms with Crippen molar-refractivity contribution in [3.05, 3.63) is 0 Å². The van der Waals surface area contributed by atoms with E-state index in [1.807, 2.05) is 0 Å². The highest BCUT2D eigenvalue weighted by molar-refractivity contribution is 4.77. The van der Waals surface area contributed by atoms with E-state index >= 15 is 0 Å². The molecule has 1 unspecified atom stereocenters. The lowest BCUT2D eigenvalue weighted by molar-refractivity contribution is 0.242.